The second-order valence-electron chi connectivity index (χ2n) is 6.68. The van der Waals surface area contributed by atoms with Crippen LogP contribution in [0.1, 0.15) is 11.8 Å². The number of amides is 1. The molecule has 1 amide bonds. The molecule has 3 aromatic rings. The molecule has 2 heterocycles. The molecule has 0 fully saturated rings. The van der Waals surface area contributed by atoms with E-state index in [9.17, 15) is 9.59 Å². The van der Waals surface area contributed by atoms with E-state index in [-0.39, 0.29) is 24.9 Å². The van der Waals surface area contributed by atoms with Crippen molar-refractivity contribution in [1.82, 2.24) is 4.98 Å². The summed E-state index contributed by atoms with van der Waals surface area (Å²) in [6.45, 7) is 2.05. The summed E-state index contributed by atoms with van der Waals surface area (Å²) in [5.74, 6) is 0.0972. The average molecular weight is 443 g/mol. The van der Waals surface area contributed by atoms with E-state index >= 15 is 0 Å². The molecule has 0 radical (unpaired) electrons. The molecule has 8 heteroatoms. The smallest absolute Gasteiger partial charge is 0.311 e. The van der Waals surface area contributed by atoms with E-state index in [2.05, 4.69) is 0 Å². The summed E-state index contributed by atoms with van der Waals surface area (Å²) in [5.41, 5.74) is 2.91. The van der Waals surface area contributed by atoms with Crippen molar-refractivity contribution in [2.45, 2.75) is 13.3 Å². The summed E-state index contributed by atoms with van der Waals surface area (Å²) >= 11 is 7.73. The van der Waals surface area contributed by atoms with Gasteiger partial charge in [0.15, 0.2) is 12.4 Å². The Morgan fingerprint density at radius 1 is 1.30 bits per heavy atom. The number of fused-ring (bicyclic) bond motifs is 1. The third-order valence-electron chi connectivity index (χ3n) is 4.69. The fourth-order valence-corrected chi connectivity index (χ4v) is 4.55. The zero-order valence-corrected chi connectivity index (χ0v) is 18.0. The fourth-order valence-electron chi connectivity index (χ4n) is 3.26. The van der Waals surface area contributed by atoms with Gasteiger partial charge in [-0.3, -0.25) is 9.59 Å². The van der Waals surface area contributed by atoms with Gasteiger partial charge in [0.05, 0.1) is 30.0 Å². The second-order valence-corrected chi connectivity index (χ2v) is 8.20. The number of nitrogens with zero attached hydrogens (tertiary/aromatic N) is 2. The molecule has 1 aliphatic rings. The van der Waals surface area contributed by atoms with Gasteiger partial charge in [-0.2, -0.15) is 0 Å². The lowest BCUT2D eigenvalue weighted by atomic mass is 10.1. The van der Waals surface area contributed by atoms with Crippen molar-refractivity contribution in [1.29, 1.82) is 0 Å². The predicted octanol–water partition coefficient (Wildman–Crippen LogP) is 4.59. The number of carbonyl (C=O) groups is 2. The van der Waals surface area contributed by atoms with Crippen LogP contribution in [-0.4, -0.2) is 37.1 Å². The number of halogens is 1. The molecular formula is C22H19ClN2O4S. The Bertz CT molecular complexity index is 1110. The summed E-state index contributed by atoms with van der Waals surface area (Å²) in [4.78, 5) is 31.4. The Morgan fingerprint density at radius 3 is 2.80 bits per heavy atom. The Balaban J connectivity index is 1.84. The average Bonchev–Trinajstić information content (AvgIpc) is 3.15. The van der Waals surface area contributed by atoms with Crippen LogP contribution in [0, 0.1) is 0 Å². The first-order chi connectivity index (χ1) is 14.5. The number of likely N-dealkylation sites (N-methyl/N-ethyl adjacent to an activating group) is 1. The molecule has 0 atom stereocenters. The van der Waals surface area contributed by atoms with E-state index < -0.39 is 0 Å². The highest BCUT2D eigenvalue weighted by molar-refractivity contribution is 7.15. The molecule has 154 valence electrons. The van der Waals surface area contributed by atoms with Crippen molar-refractivity contribution in [2.24, 2.45) is 0 Å². The summed E-state index contributed by atoms with van der Waals surface area (Å²) < 4.78 is 10.9. The van der Waals surface area contributed by atoms with Crippen LogP contribution in [0.4, 0.5) is 5.69 Å². The number of anilines is 1. The first kappa shape index (κ1) is 20.4. The second kappa shape index (κ2) is 8.45. The molecule has 4 rings (SSSR count). The van der Waals surface area contributed by atoms with Crippen molar-refractivity contribution >= 4 is 40.5 Å². The van der Waals surface area contributed by atoms with Crippen molar-refractivity contribution in [3.8, 4) is 27.6 Å². The van der Waals surface area contributed by atoms with E-state index in [4.69, 9.17) is 26.1 Å². The van der Waals surface area contributed by atoms with Crippen LogP contribution in [0.2, 0.25) is 5.02 Å². The number of ether oxygens (including phenoxy) is 2. The molecule has 0 N–H and O–H groups in total. The maximum Gasteiger partial charge on any atom is 0.311 e. The molecule has 0 saturated heterocycles. The van der Waals surface area contributed by atoms with Crippen LogP contribution >= 0.6 is 22.9 Å². The summed E-state index contributed by atoms with van der Waals surface area (Å²) in [5, 5.41) is 1.13. The van der Waals surface area contributed by atoms with Gasteiger partial charge in [0.2, 0.25) is 0 Å². The van der Waals surface area contributed by atoms with Gasteiger partial charge in [0.1, 0.15) is 5.01 Å². The van der Waals surface area contributed by atoms with E-state index in [1.54, 1.807) is 26.1 Å². The van der Waals surface area contributed by atoms with Crippen molar-refractivity contribution in [3.05, 3.63) is 52.4 Å². The predicted molar refractivity (Wildman–Crippen MR) is 117 cm³/mol. The lowest BCUT2D eigenvalue weighted by Crippen LogP contribution is -2.35. The largest absolute Gasteiger partial charge is 0.481 e. The van der Waals surface area contributed by atoms with Crippen LogP contribution in [0.3, 0.4) is 0 Å². The Kier molecular flexibility index (Phi) is 5.74. The molecule has 2 aromatic carbocycles. The van der Waals surface area contributed by atoms with Gasteiger partial charge >= 0.3 is 5.97 Å². The number of esters is 1. The lowest BCUT2D eigenvalue weighted by molar-refractivity contribution is -0.142. The van der Waals surface area contributed by atoms with Gasteiger partial charge < -0.3 is 14.4 Å². The minimum Gasteiger partial charge on any atom is -0.481 e. The number of benzene rings is 2. The van der Waals surface area contributed by atoms with Crippen LogP contribution < -0.4 is 9.64 Å². The van der Waals surface area contributed by atoms with Gasteiger partial charge in [0.25, 0.3) is 5.91 Å². The Labute approximate surface area is 183 Å². The molecule has 1 aliphatic heterocycles. The van der Waals surface area contributed by atoms with Gasteiger partial charge in [0, 0.05) is 22.5 Å². The number of thiazole rings is 1. The summed E-state index contributed by atoms with van der Waals surface area (Å²) in [7, 11) is 1.69. The zero-order valence-electron chi connectivity index (χ0n) is 16.5. The standard InChI is InChI=1S/C22H19ClN2O4S/c1-3-28-19(27)11-17-20(13-7-5-4-6-8-13)24-22(30-17)15-9-14(23)10-16-21(15)29-12-18(26)25(16)2/h4-10H,3,11-12H2,1-2H3. The van der Waals surface area contributed by atoms with E-state index in [0.717, 1.165) is 16.1 Å². The quantitative estimate of drug-likeness (QED) is 0.540. The summed E-state index contributed by atoms with van der Waals surface area (Å²) in [6, 6.07) is 13.1. The van der Waals surface area contributed by atoms with Gasteiger partial charge in [-0.15, -0.1) is 11.3 Å². The number of aromatic nitrogens is 1. The molecule has 0 unspecified atom stereocenters. The highest BCUT2D eigenvalue weighted by atomic mass is 35.5. The Morgan fingerprint density at radius 2 is 2.07 bits per heavy atom. The van der Waals surface area contributed by atoms with Crippen molar-refractivity contribution in [2.75, 3.05) is 25.2 Å². The number of hydrogen-bond donors (Lipinski definition) is 0. The van der Waals surface area contributed by atoms with E-state index in [0.29, 0.717) is 33.6 Å². The zero-order chi connectivity index (χ0) is 21.3. The topological polar surface area (TPSA) is 68.7 Å². The monoisotopic (exact) mass is 442 g/mol. The minimum absolute atomic E-state index is 0.0509. The molecule has 0 saturated carbocycles. The molecule has 0 spiro atoms. The molecule has 0 bridgehead atoms. The van der Waals surface area contributed by atoms with Crippen LogP contribution in [0.15, 0.2) is 42.5 Å². The molecular weight excluding hydrogens is 424 g/mol. The van der Waals surface area contributed by atoms with Crippen LogP contribution in [-0.2, 0) is 20.7 Å². The molecule has 30 heavy (non-hydrogen) atoms. The Hall–Kier alpha value is -2.90. The maximum atomic E-state index is 12.2. The fraction of sp³-hybridized carbons (Fsp3) is 0.227. The van der Waals surface area contributed by atoms with E-state index in [1.165, 1.54) is 16.2 Å². The third-order valence-corrected chi connectivity index (χ3v) is 6.00. The number of carbonyl (C=O) groups excluding carboxylic acids is 2. The molecule has 1 aromatic heterocycles. The van der Waals surface area contributed by atoms with Gasteiger partial charge in [-0.05, 0) is 19.1 Å². The summed E-state index contributed by atoms with van der Waals surface area (Å²) in [6.07, 6.45) is 0.123. The molecule has 6 nitrogen and oxygen atoms in total. The van der Waals surface area contributed by atoms with Crippen LogP contribution in [0.5, 0.6) is 5.75 Å². The van der Waals surface area contributed by atoms with Gasteiger partial charge in [-0.25, -0.2) is 4.98 Å². The first-order valence-corrected chi connectivity index (χ1v) is 10.6. The maximum absolute atomic E-state index is 12.2. The molecule has 0 aliphatic carbocycles. The van der Waals surface area contributed by atoms with Crippen LogP contribution in [0.25, 0.3) is 21.8 Å². The van der Waals surface area contributed by atoms with Crippen molar-refractivity contribution in [3.63, 3.8) is 0 Å². The normalized spacial score (nSPS) is 13.0. The minimum atomic E-state index is -0.306. The highest BCUT2D eigenvalue weighted by Crippen LogP contribution is 2.45. The number of rotatable bonds is 5. The highest BCUT2D eigenvalue weighted by Gasteiger charge is 2.28. The lowest BCUT2D eigenvalue weighted by Gasteiger charge is -2.27. The van der Waals surface area contributed by atoms with Gasteiger partial charge in [-0.1, -0.05) is 41.9 Å². The van der Waals surface area contributed by atoms with Crippen molar-refractivity contribution < 1.29 is 19.1 Å². The first-order valence-electron chi connectivity index (χ1n) is 9.42. The third kappa shape index (κ3) is 3.91. The SMILES string of the molecule is CCOC(=O)Cc1sc(-c2cc(Cl)cc3c2OCC(=O)N3C)nc1-c1ccccc1. The van der Waals surface area contributed by atoms with E-state index in [1.807, 2.05) is 30.3 Å². The number of hydrogen-bond acceptors (Lipinski definition) is 6.